The molecule has 5 nitrogen and oxygen atoms in total. The van der Waals surface area contributed by atoms with Crippen LogP contribution in [0.15, 0.2) is 23.6 Å². The van der Waals surface area contributed by atoms with Gasteiger partial charge in [-0.3, -0.25) is 15.2 Å². The largest absolute Gasteiger partial charge is 0.294 e. The van der Waals surface area contributed by atoms with E-state index in [1.807, 2.05) is 0 Å². The number of rotatable bonds is 6. The molecule has 1 amide bonds. The minimum atomic E-state index is -0.112. The van der Waals surface area contributed by atoms with Gasteiger partial charge in [-0.05, 0) is 18.6 Å². The Morgan fingerprint density at radius 3 is 3.00 bits per heavy atom. The van der Waals surface area contributed by atoms with Crippen molar-refractivity contribution < 1.29 is 4.79 Å². The Morgan fingerprint density at radius 2 is 2.33 bits per heavy atom. The van der Waals surface area contributed by atoms with E-state index in [2.05, 4.69) is 15.4 Å². The van der Waals surface area contributed by atoms with Crippen LogP contribution in [0.4, 0.5) is 0 Å². The van der Waals surface area contributed by atoms with Gasteiger partial charge in [-0.15, -0.1) is 11.8 Å². The minimum Gasteiger partial charge on any atom is -0.294 e. The first-order valence-corrected chi connectivity index (χ1v) is 5.69. The number of carbonyl (C=O) groups excluding carboxylic acids is 1. The molecule has 0 aliphatic carbocycles. The third kappa shape index (κ3) is 5.34. The van der Waals surface area contributed by atoms with Gasteiger partial charge in [0.15, 0.2) is 0 Å². The van der Waals surface area contributed by atoms with Crippen LogP contribution in [0.25, 0.3) is 0 Å². The Labute approximate surface area is 92.8 Å². The molecular formula is C9H14N4OS. The van der Waals surface area contributed by atoms with Gasteiger partial charge in [-0.25, -0.2) is 10.8 Å². The van der Waals surface area contributed by atoms with Gasteiger partial charge in [0, 0.05) is 18.8 Å². The van der Waals surface area contributed by atoms with Crippen molar-refractivity contribution in [1.29, 1.82) is 0 Å². The molecular weight excluding hydrogens is 212 g/mol. The van der Waals surface area contributed by atoms with E-state index in [1.165, 1.54) is 0 Å². The first kappa shape index (κ1) is 11.9. The van der Waals surface area contributed by atoms with E-state index in [4.69, 9.17) is 5.84 Å². The molecule has 0 spiro atoms. The quantitative estimate of drug-likeness (QED) is 0.246. The zero-order chi connectivity index (χ0) is 10.9. The molecule has 0 aliphatic heterocycles. The summed E-state index contributed by atoms with van der Waals surface area (Å²) < 4.78 is 0. The van der Waals surface area contributed by atoms with Crippen molar-refractivity contribution in [3.63, 3.8) is 0 Å². The Hall–Kier alpha value is -1.14. The van der Waals surface area contributed by atoms with Gasteiger partial charge in [-0.1, -0.05) is 0 Å². The Kier molecular flexibility index (Phi) is 5.72. The molecule has 0 saturated heterocycles. The summed E-state index contributed by atoms with van der Waals surface area (Å²) in [5.41, 5.74) is 2.11. The summed E-state index contributed by atoms with van der Waals surface area (Å²) >= 11 is 1.64. The maximum absolute atomic E-state index is 10.8. The summed E-state index contributed by atoms with van der Waals surface area (Å²) in [7, 11) is 0. The molecule has 0 radical (unpaired) electrons. The molecule has 15 heavy (non-hydrogen) atoms. The van der Waals surface area contributed by atoms with Gasteiger partial charge < -0.3 is 0 Å². The van der Waals surface area contributed by atoms with Gasteiger partial charge in [0.25, 0.3) is 0 Å². The maximum atomic E-state index is 10.8. The molecule has 0 saturated carbocycles. The molecule has 0 bridgehead atoms. The molecule has 0 atom stereocenters. The number of amides is 1. The van der Waals surface area contributed by atoms with Crippen LogP contribution in [0.3, 0.4) is 0 Å². The number of aromatic nitrogens is 2. The predicted molar refractivity (Wildman–Crippen MR) is 58.9 cm³/mol. The van der Waals surface area contributed by atoms with Crippen molar-refractivity contribution in [3.05, 3.63) is 18.6 Å². The fraction of sp³-hybridized carbons (Fsp3) is 0.444. The number of thioether (sulfide) groups is 1. The predicted octanol–water partition coefficient (Wildman–Crippen LogP) is 0.729. The molecule has 0 fully saturated rings. The second kappa shape index (κ2) is 7.19. The lowest BCUT2D eigenvalue weighted by atomic mass is 10.2. The van der Waals surface area contributed by atoms with Gasteiger partial charge in [0.1, 0.15) is 5.03 Å². The Bertz CT molecular complexity index is 293. The summed E-state index contributed by atoms with van der Waals surface area (Å²) in [6, 6.07) is 0. The highest BCUT2D eigenvalue weighted by molar-refractivity contribution is 7.99. The lowest BCUT2D eigenvalue weighted by molar-refractivity contribution is -0.121. The highest BCUT2D eigenvalue weighted by Gasteiger charge is 1.98. The number of hydrogen-bond donors (Lipinski definition) is 2. The second-order valence-corrected chi connectivity index (χ2v) is 4.03. The van der Waals surface area contributed by atoms with Crippen molar-refractivity contribution >= 4 is 17.7 Å². The minimum absolute atomic E-state index is 0.112. The summed E-state index contributed by atoms with van der Waals surface area (Å²) in [6.45, 7) is 0. The van der Waals surface area contributed by atoms with E-state index in [9.17, 15) is 4.79 Å². The monoisotopic (exact) mass is 226 g/mol. The number of unbranched alkanes of at least 4 members (excludes halogenated alkanes) is 1. The van der Waals surface area contributed by atoms with Gasteiger partial charge in [-0.2, -0.15) is 0 Å². The summed E-state index contributed by atoms with van der Waals surface area (Å²) in [5, 5.41) is 0.917. The van der Waals surface area contributed by atoms with Crippen molar-refractivity contribution in [2.24, 2.45) is 5.84 Å². The van der Waals surface area contributed by atoms with Crippen molar-refractivity contribution in [1.82, 2.24) is 15.4 Å². The molecule has 1 rings (SSSR count). The van der Waals surface area contributed by atoms with E-state index >= 15 is 0 Å². The van der Waals surface area contributed by atoms with Crippen LogP contribution in [0.2, 0.25) is 0 Å². The third-order valence-electron chi connectivity index (χ3n) is 1.75. The smallest absolute Gasteiger partial charge is 0.233 e. The highest BCUT2D eigenvalue weighted by atomic mass is 32.2. The van der Waals surface area contributed by atoms with Crippen LogP contribution in [-0.4, -0.2) is 21.6 Å². The molecule has 6 heteroatoms. The van der Waals surface area contributed by atoms with Crippen molar-refractivity contribution in [2.75, 3.05) is 5.75 Å². The van der Waals surface area contributed by atoms with Crippen LogP contribution >= 0.6 is 11.8 Å². The van der Waals surface area contributed by atoms with Gasteiger partial charge in [0.2, 0.25) is 5.91 Å². The number of nitrogens with two attached hydrogens (primary N) is 1. The topological polar surface area (TPSA) is 80.9 Å². The van der Waals surface area contributed by atoms with E-state index < -0.39 is 0 Å². The molecule has 3 N–H and O–H groups in total. The van der Waals surface area contributed by atoms with Crippen molar-refractivity contribution in [3.8, 4) is 0 Å². The molecule has 1 aromatic rings. The number of hydrazine groups is 1. The zero-order valence-electron chi connectivity index (χ0n) is 8.35. The van der Waals surface area contributed by atoms with Crippen LogP contribution < -0.4 is 11.3 Å². The van der Waals surface area contributed by atoms with E-state index in [-0.39, 0.29) is 5.91 Å². The normalized spacial score (nSPS) is 9.93. The standard InChI is InChI=1S/C9H14N4OS/c10-13-8(14)3-1-2-6-15-9-7-11-4-5-12-9/h4-5,7H,1-3,6,10H2,(H,13,14). The number of nitrogens with one attached hydrogen (secondary N) is 1. The number of carbonyl (C=O) groups is 1. The fourth-order valence-corrected chi connectivity index (χ4v) is 1.82. The van der Waals surface area contributed by atoms with Crippen LogP contribution in [0.1, 0.15) is 19.3 Å². The van der Waals surface area contributed by atoms with Crippen LogP contribution in [0.5, 0.6) is 0 Å². The van der Waals surface area contributed by atoms with Gasteiger partial charge in [0.05, 0.1) is 6.20 Å². The number of hydrogen-bond acceptors (Lipinski definition) is 5. The maximum Gasteiger partial charge on any atom is 0.233 e. The molecule has 0 aliphatic rings. The molecule has 0 aromatic carbocycles. The molecule has 82 valence electrons. The molecule has 1 aromatic heterocycles. The summed E-state index contributed by atoms with van der Waals surface area (Å²) in [5.74, 6) is 5.78. The first-order chi connectivity index (χ1) is 7.33. The van der Waals surface area contributed by atoms with Crippen molar-refractivity contribution in [2.45, 2.75) is 24.3 Å². The van der Waals surface area contributed by atoms with Crippen LogP contribution in [-0.2, 0) is 4.79 Å². The highest BCUT2D eigenvalue weighted by Crippen LogP contribution is 2.15. The fourth-order valence-electron chi connectivity index (χ4n) is 0.996. The Morgan fingerprint density at radius 1 is 1.47 bits per heavy atom. The van der Waals surface area contributed by atoms with E-state index in [0.29, 0.717) is 6.42 Å². The molecule has 0 unspecified atom stereocenters. The van der Waals surface area contributed by atoms with E-state index in [0.717, 1.165) is 23.6 Å². The van der Waals surface area contributed by atoms with Crippen LogP contribution in [0, 0.1) is 0 Å². The average molecular weight is 226 g/mol. The summed E-state index contributed by atoms with van der Waals surface area (Å²) in [4.78, 5) is 18.9. The second-order valence-electron chi connectivity index (χ2n) is 2.92. The SMILES string of the molecule is NNC(=O)CCCCSc1cnccn1. The Balaban J connectivity index is 2.05. The third-order valence-corrected chi connectivity index (χ3v) is 2.75. The zero-order valence-corrected chi connectivity index (χ0v) is 9.17. The van der Waals surface area contributed by atoms with Gasteiger partial charge >= 0.3 is 0 Å². The number of nitrogens with zero attached hydrogens (tertiary/aromatic N) is 2. The lowest BCUT2D eigenvalue weighted by Crippen LogP contribution is -2.29. The first-order valence-electron chi connectivity index (χ1n) is 4.71. The average Bonchev–Trinajstić information content (AvgIpc) is 2.29. The molecule has 1 heterocycles. The van der Waals surface area contributed by atoms with E-state index in [1.54, 1.807) is 30.4 Å². The summed E-state index contributed by atoms with van der Waals surface area (Å²) in [6.07, 6.45) is 7.35. The lowest BCUT2D eigenvalue weighted by Gasteiger charge is -2.00.